The molecule has 0 atom stereocenters. The first-order valence-corrected chi connectivity index (χ1v) is 9.52. The fraction of sp³-hybridized carbons (Fsp3) is 0.227. The molecule has 0 bridgehead atoms. The molecule has 1 aliphatic heterocycles. The first-order chi connectivity index (χ1) is 13.8. The van der Waals surface area contributed by atoms with Crippen LogP contribution >= 0.6 is 0 Å². The van der Waals surface area contributed by atoms with E-state index in [-0.39, 0.29) is 5.91 Å². The van der Waals surface area contributed by atoms with Crippen LogP contribution in [-0.2, 0) is 24.2 Å². The quantitative estimate of drug-likeness (QED) is 0.592. The monoisotopic (exact) mass is 372 g/mol. The van der Waals surface area contributed by atoms with E-state index in [4.69, 9.17) is 4.52 Å². The van der Waals surface area contributed by atoms with Crippen molar-refractivity contribution in [3.63, 3.8) is 0 Å². The molecule has 5 rings (SSSR count). The van der Waals surface area contributed by atoms with Crippen molar-refractivity contribution in [3.05, 3.63) is 71.7 Å². The van der Waals surface area contributed by atoms with E-state index in [1.54, 1.807) is 0 Å². The fourth-order valence-corrected chi connectivity index (χ4v) is 3.84. The van der Waals surface area contributed by atoms with Gasteiger partial charge in [0.2, 0.25) is 17.6 Å². The normalized spacial score (nSPS) is 13.6. The molecular formula is C22H20N4O2. The lowest BCUT2D eigenvalue weighted by molar-refractivity contribution is -0.132. The van der Waals surface area contributed by atoms with Gasteiger partial charge < -0.3 is 14.4 Å². The van der Waals surface area contributed by atoms with E-state index in [2.05, 4.69) is 33.3 Å². The number of fused-ring (bicyclic) bond motifs is 3. The van der Waals surface area contributed by atoms with Gasteiger partial charge in [-0.3, -0.25) is 4.79 Å². The van der Waals surface area contributed by atoms with Gasteiger partial charge in [0.15, 0.2) is 0 Å². The Morgan fingerprint density at radius 3 is 2.82 bits per heavy atom. The van der Waals surface area contributed by atoms with Crippen LogP contribution < -0.4 is 0 Å². The molecule has 1 N–H and O–H groups in total. The fourth-order valence-electron chi connectivity index (χ4n) is 3.84. The maximum Gasteiger partial charge on any atom is 0.227 e. The van der Waals surface area contributed by atoms with Crippen LogP contribution in [0.5, 0.6) is 0 Å². The van der Waals surface area contributed by atoms with Crippen LogP contribution in [0.15, 0.2) is 59.1 Å². The average molecular weight is 372 g/mol. The highest BCUT2D eigenvalue weighted by Gasteiger charge is 2.24. The summed E-state index contributed by atoms with van der Waals surface area (Å²) in [5.74, 6) is 1.17. The molecule has 140 valence electrons. The second kappa shape index (κ2) is 6.96. The van der Waals surface area contributed by atoms with Gasteiger partial charge in [0.1, 0.15) is 0 Å². The zero-order valence-corrected chi connectivity index (χ0v) is 15.4. The molecule has 0 saturated carbocycles. The molecule has 6 heteroatoms. The van der Waals surface area contributed by atoms with Gasteiger partial charge >= 0.3 is 0 Å². The highest BCUT2D eigenvalue weighted by atomic mass is 16.5. The van der Waals surface area contributed by atoms with Crippen molar-refractivity contribution in [1.29, 1.82) is 0 Å². The number of aromatic nitrogens is 3. The lowest BCUT2D eigenvalue weighted by atomic mass is 10.0. The van der Waals surface area contributed by atoms with Crippen LogP contribution in [0.1, 0.15) is 23.6 Å². The maximum absolute atomic E-state index is 12.7. The summed E-state index contributed by atoms with van der Waals surface area (Å²) in [7, 11) is 0. The van der Waals surface area contributed by atoms with E-state index in [1.165, 1.54) is 10.9 Å². The van der Waals surface area contributed by atoms with Crippen molar-refractivity contribution < 1.29 is 9.32 Å². The van der Waals surface area contributed by atoms with Gasteiger partial charge in [0.05, 0.1) is 6.54 Å². The smallest absolute Gasteiger partial charge is 0.227 e. The predicted octanol–water partition coefficient (Wildman–Crippen LogP) is 3.74. The van der Waals surface area contributed by atoms with Gasteiger partial charge in [-0.2, -0.15) is 4.98 Å². The Morgan fingerprint density at radius 2 is 1.93 bits per heavy atom. The lowest BCUT2D eigenvalue weighted by Gasteiger charge is -2.27. The van der Waals surface area contributed by atoms with Crippen LogP contribution in [0.25, 0.3) is 22.3 Å². The highest BCUT2D eigenvalue weighted by Crippen LogP contribution is 2.27. The van der Waals surface area contributed by atoms with E-state index in [0.29, 0.717) is 31.1 Å². The van der Waals surface area contributed by atoms with Crippen LogP contribution in [0.3, 0.4) is 0 Å². The molecule has 0 fully saturated rings. The molecule has 0 spiro atoms. The van der Waals surface area contributed by atoms with Crippen LogP contribution in [0, 0.1) is 0 Å². The number of para-hydroxylation sites is 1. The van der Waals surface area contributed by atoms with Crippen LogP contribution in [0.2, 0.25) is 0 Å². The molecule has 1 amide bonds. The number of nitrogens with one attached hydrogen (secondary N) is 1. The SMILES string of the molecule is O=C(CCc1nc(-c2ccccc2)no1)N1CCc2c([nH]c3ccccc23)C1. The summed E-state index contributed by atoms with van der Waals surface area (Å²) in [6.07, 6.45) is 1.70. The second-order valence-corrected chi connectivity index (χ2v) is 7.07. The zero-order valence-electron chi connectivity index (χ0n) is 15.4. The minimum atomic E-state index is 0.115. The van der Waals surface area contributed by atoms with Gasteiger partial charge in [0, 0.05) is 41.5 Å². The summed E-state index contributed by atoms with van der Waals surface area (Å²) in [4.78, 5) is 22.5. The summed E-state index contributed by atoms with van der Waals surface area (Å²) in [5.41, 5.74) is 4.53. The first-order valence-electron chi connectivity index (χ1n) is 9.52. The highest BCUT2D eigenvalue weighted by molar-refractivity contribution is 5.85. The molecule has 1 aliphatic rings. The number of nitrogens with zero attached hydrogens (tertiary/aromatic N) is 3. The topological polar surface area (TPSA) is 75.0 Å². The standard InChI is InChI=1S/C22H20N4O2/c27-21(11-10-20-24-22(25-28-20)15-6-2-1-3-7-15)26-13-12-17-16-8-4-5-9-18(16)23-19(17)14-26/h1-9,23H,10-14H2. The van der Waals surface area contributed by atoms with Crippen molar-refractivity contribution in [2.75, 3.05) is 6.54 Å². The van der Waals surface area contributed by atoms with Crippen molar-refractivity contribution in [2.24, 2.45) is 0 Å². The Balaban J connectivity index is 1.24. The number of carbonyl (C=O) groups is 1. The van der Waals surface area contributed by atoms with Gasteiger partial charge in [0.25, 0.3) is 0 Å². The Kier molecular flexibility index (Phi) is 4.16. The van der Waals surface area contributed by atoms with Crippen molar-refractivity contribution in [3.8, 4) is 11.4 Å². The molecule has 4 aromatic rings. The lowest BCUT2D eigenvalue weighted by Crippen LogP contribution is -2.36. The summed E-state index contributed by atoms with van der Waals surface area (Å²) < 4.78 is 5.31. The Morgan fingerprint density at radius 1 is 1.11 bits per heavy atom. The number of aryl methyl sites for hydroxylation is 1. The molecule has 2 aromatic heterocycles. The Hall–Kier alpha value is -3.41. The largest absolute Gasteiger partial charge is 0.357 e. The summed E-state index contributed by atoms with van der Waals surface area (Å²) >= 11 is 0. The summed E-state index contributed by atoms with van der Waals surface area (Å²) in [6.45, 7) is 1.37. The number of carbonyl (C=O) groups excluding carboxylic acids is 1. The van der Waals surface area contributed by atoms with E-state index in [0.717, 1.165) is 29.7 Å². The Bertz CT molecular complexity index is 1130. The number of H-pyrrole nitrogens is 1. The summed E-state index contributed by atoms with van der Waals surface area (Å²) in [6, 6.07) is 18.0. The van der Waals surface area contributed by atoms with E-state index in [1.807, 2.05) is 41.3 Å². The molecule has 28 heavy (non-hydrogen) atoms. The third-order valence-electron chi connectivity index (χ3n) is 5.29. The van der Waals surface area contributed by atoms with Gasteiger partial charge in [-0.05, 0) is 18.1 Å². The zero-order chi connectivity index (χ0) is 18.9. The molecule has 0 aliphatic carbocycles. The number of amides is 1. The van der Waals surface area contributed by atoms with Crippen molar-refractivity contribution >= 4 is 16.8 Å². The number of benzene rings is 2. The van der Waals surface area contributed by atoms with Crippen LogP contribution in [-0.4, -0.2) is 32.5 Å². The van der Waals surface area contributed by atoms with Gasteiger partial charge in [-0.1, -0.05) is 53.7 Å². The number of rotatable bonds is 4. The average Bonchev–Trinajstić information content (AvgIpc) is 3.36. The molecule has 0 saturated heterocycles. The first kappa shape index (κ1) is 16.7. The number of hydrogen-bond acceptors (Lipinski definition) is 4. The maximum atomic E-state index is 12.7. The van der Waals surface area contributed by atoms with Gasteiger partial charge in [-0.25, -0.2) is 0 Å². The summed E-state index contributed by atoms with van der Waals surface area (Å²) in [5, 5.41) is 5.28. The number of aromatic amines is 1. The molecule has 0 unspecified atom stereocenters. The molecule has 2 aromatic carbocycles. The Labute approximate surface area is 162 Å². The van der Waals surface area contributed by atoms with Crippen LogP contribution in [0.4, 0.5) is 0 Å². The molecule has 6 nitrogen and oxygen atoms in total. The van der Waals surface area contributed by atoms with E-state index < -0.39 is 0 Å². The van der Waals surface area contributed by atoms with E-state index in [9.17, 15) is 4.79 Å². The third-order valence-corrected chi connectivity index (χ3v) is 5.29. The third kappa shape index (κ3) is 3.07. The van der Waals surface area contributed by atoms with Gasteiger partial charge in [-0.15, -0.1) is 0 Å². The molecular weight excluding hydrogens is 352 g/mol. The minimum Gasteiger partial charge on any atom is -0.357 e. The molecule has 0 radical (unpaired) electrons. The second-order valence-electron chi connectivity index (χ2n) is 7.07. The molecule has 3 heterocycles. The minimum absolute atomic E-state index is 0.115. The van der Waals surface area contributed by atoms with Crippen molar-refractivity contribution in [2.45, 2.75) is 25.8 Å². The van der Waals surface area contributed by atoms with Crippen molar-refractivity contribution in [1.82, 2.24) is 20.0 Å². The number of hydrogen-bond donors (Lipinski definition) is 1. The predicted molar refractivity (Wildman–Crippen MR) is 105 cm³/mol. The van der Waals surface area contributed by atoms with E-state index >= 15 is 0 Å².